The third-order valence-corrected chi connectivity index (χ3v) is 0.774. The minimum absolute atomic E-state index is 0. The van der Waals surface area contributed by atoms with Crippen LogP contribution in [0.25, 0.3) is 0 Å². The first kappa shape index (κ1) is 22.7. The molecule has 0 unspecified atom stereocenters. The van der Waals surface area contributed by atoms with E-state index in [0.29, 0.717) is 6.20 Å². The van der Waals surface area contributed by atoms with E-state index in [-0.39, 0.29) is 33.8 Å². The van der Waals surface area contributed by atoms with E-state index in [1.165, 1.54) is 0 Å². The van der Waals surface area contributed by atoms with Crippen LogP contribution in [0.2, 0.25) is 0 Å². The summed E-state index contributed by atoms with van der Waals surface area (Å²) in [7, 11) is 0. The van der Waals surface area contributed by atoms with Crippen molar-refractivity contribution in [2.45, 2.75) is 0 Å². The summed E-state index contributed by atoms with van der Waals surface area (Å²) in [5.74, 6) is -0.991. The first-order valence-electron chi connectivity index (χ1n) is 2.17. The number of H-pyrrole nitrogens is 2. The topological polar surface area (TPSA) is 156 Å². The van der Waals surface area contributed by atoms with E-state index < -0.39 is 17.1 Å². The summed E-state index contributed by atoms with van der Waals surface area (Å²) in [6.07, 6.45) is 0.709. The zero-order chi connectivity index (χ0) is 6.85. The second kappa shape index (κ2) is 9.11. The number of halogens is 1. The van der Waals surface area contributed by atoms with Crippen molar-refractivity contribution in [1.82, 2.24) is 9.97 Å². The van der Waals surface area contributed by atoms with Crippen LogP contribution < -0.4 is 11.2 Å². The van der Waals surface area contributed by atoms with Crippen molar-refractivity contribution in [3.8, 4) is 0 Å². The molecule has 0 aliphatic carbocycles. The Bertz CT molecular complexity index is 323. The van der Waals surface area contributed by atoms with Crippen LogP contribution in [-0.2, 0) is 0 Å². The molecule has 0 spiro atoms. The molecule has 0 radical (unpaired) electrons. The molecule has 0 saturated heterocycles. The Balaban J connectivity index is -0.000000101. The van der Waals surface area contributed by atoms with Gasteiger partial charge >= 0.3 is 23.1 Å². The predicted molar refractivity (Wildman–Crippen MR) is 39.2 cm³/mol. The summed E-state index contributed by atoms with van der Waals surface area (Å²) < 4.78 is 12.0. The SMILES string of the molecule is O=c1[nH]cc(F)c(=O)[nH]1.[Al+3].[OH-].[OH-].[OH-]. The van der Waals surface area contributed by atoms with E-state index >= 15 is 0 Å². The molecule has 0 fully saturated rings. The maximum absolute atomic E-state index is 12.0. The van der Waals surface area contributed by atoms with Gasteiger partial charge in [0.05, 0.1) is 0 Å². The Labute approximate surface area is 81.7 Å². The maximum Gasteiger partial charge on any atom is 3.00 e. The Morgan fingerprint density at radius 2 is 1.62 bits per heavy atom. The van der Waals surface area contributed by atoms with Crippen molar-refractivity contribution in [1.29, 1.82) is 0 Å². The summed E-state index contributed by atoms with van der Waals surface area (Å²) in [6.45, 7) is 0. The van der Waals surface area contributed by atoms with E-state index in [2.05, 4.69) is 0 Å². The van der Waals surface area contributed by atoms with Crippen LogP contribution in [0.4, 0.5) is 4.39 Å². The molecule has 1 heterocycles. The predicted octanol–water partition coefficient (Wildman–Crippen LogP) is -1.71. The first-order valence-corrected chi connectivity index (χ1v) is 2.17. The number of nitrogens with one attached hydrogen (secondary N) is 2. The van der Waals surface area contributed by atoms with E-state index in [0.717, 1.165) is 0 Å². The summed E-state index contributed by atoms with van der Waals surface area (Å²) in [4.78, 5) is 24.0. The van der Waals surface area contributed by atoms with Gasteiger partial charge in [0.15, 0.2) is 0 Å². The Kier molecular flexibility index (Phi) is 15.9. The number of aromatic amines is 2. The molecule has 1 rings (SSSR count). The third kappa shape index (κ3) is 6.21. The van der Waals surface area contributed by atoms with E-state index in [1.807, 2.05) is 4.98 Å². The first-order chi connectivity index (χ1) is 4.20. The van der Waals surface area contributed by atoms with E-state index in [4.69, 9.17) is 0 Å². The van der Waals surface area contributed by atoms with Gasteiger partial charge in [0, 0.05) is 6.20 Å². The molecular formula is C4H6AlFN2O5. The molecule has 9 heteroatoms. The van der Waals surface area contributed by atoms with E-state index in [9.17, 15) is 14.0 Å². The van der Waals surface area contributed by atoms with Gasteiger partial charge in [0.2, 0.25) is 5.82 Å². The molecule has 0 aromatic carbocycles. The average Bonchev–Trinajstić information content (AvgIpc) is 1.80. The molecule has 0 aliphatic heterocycles. The smallest absolute Gasteiger partial charge is 0.870 e. The van der Waals surface area contributed by atoms with Crippen LogP contribution in [-0.4, -0.2) is 43.8 Å². The minimum Gasteiger partial charge on any atom is -0.870 e. The fourth-order valence-corrected chi connectivity index (χ4v) is 0.393. The molecule has 13 heavy (non-hydrogen) atoms. The molecule has 0 aliphatic rings. The second-order valence-corrected chi connectivity index (χ2v) is 1.42. The van der Waals surface area contributed by atoms with Gasteiger partial charge in [-0.25, -0.2) is 4.79 Å². The van der Waals surface area contributed by atoms with Crippen molar-refractivity contribution < 1.29 is 20.8 Å². The van der Waals surface area contributed by atoms with Crippen molar-refractivity contribution >= 4 is 17.4 Å². The van der Waals surface area contributed by atoms with Gasteiger partial charge in [-0.3, -0.25) is 9.78 Å². The van der Waals surface area contributed by atoms with Crippen LogP contribution in [0, 0.1) is 5.82 Å². The number of hydrogen-bond donors (Lipinski definition) is 2. The molecule has 7 nitrogen and oxygen atoms in total. The summed E-state index contributed by atoms with van der Waals surface area (Å²) in [5, 5.41) is 0. The Morgan fingerprint density at radius 1 is 1.15 bits per heavy atom. The molecule has 72 valence electrons. The molecule has 0 atom stereocenters. The minimum atomic E-state index is -1.00. The average molecular weight is 208 g/mol. The Morgan fingerprint density at radius 3 is 1.92 bits per heavy atom. The fourth-order valence-electron chi connectivity index (χ4n) is 0.393. The normalized spacial score (nSPS) is 6.54. The zero-order valence-electron chi connectivity index (χ0n) is 6.19. The van der Waals surface area contributed by atoms with Gasteiger partial charge < -0.3 is 21.4 Å². The van der Waals surface area contributed by atoms with Crippen molar-refractivity contribution in [2.75, 3.05) is 0 Å². The van der Waals surface area contributed by atoms with Crippen LogP contribution in [0.15, 0.2) is 15.8 Å². The molecular weight excluding hydrogens is 202 g/mol. The number of aromatic nitrogens is 2. The van der Waals surface area contributed by atoms with Gasteiger partial charge in [-0.15, -0.1) is 0 Å². The molecule has 5 N–H and O–H groups in total. The van der Waals surface area contributed by atoms with Gasteiger partial charge in [0.25, 0.3) is 5.56 Å². The largest absolute Gasteiger partial charge is 3.00 e. The van der Waals surface area contributed by atoms with Crippen molar-refractivity contribution in [3.05, 3.63) is 32.9 Å². The molecule has 0 amide bonds. The van der Waals surface area contributed by atoms with Crippen LogP contribution in [0.1, 0.15) is 0 Å². The fraction of sp³-hybridized carbons (Fsp3) is 0. The van der Waals surface area contributed by atoms with Gasteiger partial charge in [0.1, 0.15) is 0 Å². The summed E-state index contributed by atoms with van der Waals surface area (Å²) in [5.41, 5.74) is -1.71. The second-order valence-electron chi connectivity index (χ2n) is 1.42. The molecule has 0 bridgehead atoms. The van der Waals surface area contributed by atoms with Crippen LogP contribution in [0.5, 0.6) is 0 Å². The Hall–Kier alpha value is -0.978. The van der Waals surface area contributed by atoms with Crippen LogP contribution >= 0.6 is 0 Å². The standard InChI is InChI=1S/C4H3FN2O2.Al.3H2O/c5-2-1-6-4(9)7-3(2)8;;;;/h1H,(H2,6,7,8,9);;3*1H2/q;+3;;;/p-3. The summed E-state index contributed by atoms with van der Waals surface area (Å²) in [6, 6.07) is 0. The van der Waals surface area contributed by atoms with Crippen molar-refractivity contribution in [3.63, 3.8) is 0 Å². The van der Waals surface area contributed by atoms with Gasteiger partial charge in [-0.05, 0) is 0 Å². The molecule has 1 aromatic rings. The summed E-state index contributed by atoms with van der Waals surface area (Å²) >= 11 is 0. The number of hydrogen-bond acceptors (Lipinski definition) is 5. The monoisotopic (exact) mass is 208 g/mol. The quantitative estimate of drug-likeness (QED) is 0.485. The van der Waals surface area contributed by atoms with Gasteiger partial charge in [-0.1, -0.05) is 0 Å². The third-order valence-electron chi connectivity index (χ3n) is 0.774. The molecule has 0 saturated carbocycles. The van der Waals surface area contributed by atoms with Crippen LogP contribution in [0.3, 0.4) is 0 Å². The maximum atomic E-state index is 12.0. The van der Waals surface area contributed by atoms with Crippen molar-refractivity contribution in [2.24, 2.45) is 0 Å². The zero-order valence-corrected chi connectivity index (χ0v) is 7.35. The number of rotatable bonds is 0. The van der Waals surface area contributed by atoms with E-state index in [1.54, 1.807) is 4.98 Å². The van der Waals surface area contributed by atoms with Gasteiger partial charge in [-0.2, -0.15) is 4.39 Å². The molecule has 1 aromatic heterocycles.